The molecule has 3 aliphatic rings. The number of carbonyl (C=O) groups excluding carboxylic acids is 2. The molecule has 0 radical (unpaired) electrons. The van der Waals surface area contributed by atoms with Gasteiger partial charge in [0.25, 0.3) is 0 Å². The second kappa shape index (κ2) is 8.84. The molecule has 2 amide bonds. The van der Waals surface area contributed by atoms with Crippen molar-refractivity contribution >= 4 is 17.5 Å². The minimum atomic E-state index is -0.0483. The van der Waals surface area contributed by atoms with Gasteiger partial charge >= 0.3 is 0 Å². The van der Waals surface area contributed by atoms with Crippen molar-refractivity contribution in [3.8, 4) is 11.5 Å². The Morgan fingerprint density at radius 3 is 2.54 bits per heavy atom. The van der Waals surface area contributed by atoms with Gasteiger partial charge in [0.1, 0.15) is 0 Å². The van der Waals surface area contributed by atoms with Crippen LogP contribution in [0.5, 0.6) is 11.5 Å². The molecule has 0 unspecified atom stereocenters. The highest BCUT2D eigenvalue weighted by Crippen LogP contribution is 2.34. The van der Waals surface area contributed by atoms with Gasteiger partial charge in [0.2, 0.25) is 18.6 Å². The molecule has 1 aromatic carbocycles. The Morgan fingerprint density at radius 2 is 1.75 bits per heavy atom. The lowest BCUT2D eigenvalue weighted by molar-refractivity contribution is -0.134. The third-order valence-electron chi connectivity index (χ3n) is 6.35. The number of hydrogen-bond donors (Lipinski definition) is 1. The first-order valence-electron chi connectivity index (χ1n) is 10.7. The molecule has 4 rings (SSSR count). The number of hydrogen-bond acceptors (Lipinski definition) is 4. The zero-order valence-electron chi connectivity index (χ0n) is 16.5. The van der Waals surface area contributed by atoms with E-state index < -0.39 is 0 Å². The first kappa shape index (κ1) is 19.1. The number of likely N-dealkylation sites (tertiary alicyclic amines) is 1. The third-order valence-corrected chi connectivity index (χ3v) is 6.35. The van der Waals surface area contributed by atoms with Gasteiger partial charge in [-0.2, -0.15) is 0 Å². The molecule has 0 atom stereocenters. The number of carbonyl (C=O) groups is 2. The van der Waals surface area contributed by atoms with Crippen LogP contribution in [0, 0.1) is 11.8 Å². The average molecular weight is 386 g/mol. The molecule has 2 heterocycles. The fourth-order valence-electron chi connectivity index (χ4n) is 4.57. The van der Waals surface area contributed by atoms with Crippen LogP contribution < -0.4 is 14.8 Å². The van der Waals surface area contributed by atoms with Gasteiger partial charge in [-0.25, -0.2) is 0 Å². The van der Waals surface area contributed by atoms with E-state index in [4.69, 9.17) is 9.47 Å². The highest BCUT2D eigenvalue weighted by molar-refractivity contribution is 5.93. The van der Waals surface area contributed by atoms with E-state index in [0.717, 1.165) is 30.9 Å². The summed E-state index contributed by atoms with van der Waals surface area (Å²) in [5, 5.41) is 2.98. The molecule has 1 saturated carbocycles. The molecule has 0 spiro atoms. The minimum Gasteiger partial charge on any atom is -0.454 e. The number of piperidine rings is 1. The number of rotatable bonds is 5. The summed E-state index contributed by atoms with van der Waals surface area (Å²) in [5.41, 5.74) is 0.722. The minimum absolute atomic E-state index is 0.0215. The van der Waals surface area contributed by atoms with Gasteiger partial charge in [0.15, 0.2) is 11.5 Å². The fourth-order valence-corrected chi connectivity index (χ4v) is 4.57. The number of ether oxygens (including phenoxy) is 2. The summed E-state index contributed by atoms with van der Waals surface area (Å²) < 4.78 is 10.7. The van der Waals surface area contributed by atoms with Gasteiger partial charge in [0.05, 0.1) is 0 Å². The van der Waals surface area contributed by atoms with Crippen LogP contribution in [0.1, 0.15) is 57.8 Å². The molecule has 0 aromatic heterocycles. The molecular formula is C22H30N2O4. The number of anilines is 1. The number of nitrogens with one attached hydrogen (secondary N) is 1. The van der Waals surface area contributed by atoms with Crippen molar-refractivity contribution in [2.45, 2.75) is 57.8 Å². The van der Waals surface area contributed by atoms with Crippen LogP contribution in [0.25, 0.3) is 0 Å². The Labute approximate surface area is 166 Å². The lowest BCUT2D eigenvalue weighted by Gasteiger charge is -2.32. The molecular weight excluding hydrogens is 356 g/mol. The highest BCUT2D eigenvalue weighted by atomic mass is 16.7. The molecule has 2 fully saturated rings. The lowest BCUT2D eigenvalue weighted by Crippen LogP contribution is -2.41. The summed E-state index contributed by atoms with van der Waals surface area (Å²) in [6.45, 7) is 1.59. The second-order valence-corrected chi connectivity index (χ2v) is 8.26. The van der Waals surface area contributed by atoms with Gasteiger partial charge < -0.3 is 19.7 Å². The average Bonchev–Trinajstić information content (AvgIpc) is 3.21. The summed E-state index contributed by atoms with van der Waals surface area (Å²) in [5.74, 6) is 2.35. The van der Waals surface area contributed by atoms with Crippen molar-refractivity contribution in [3.63, 3.8) is 0 Å². The van der Waals surface area contributed by atoms with Crippen LogP contribution in [-0.4, -0.2) is 36.6 Å². The van der Waals surface area contributed by atoms with E-state index in [1.54, 1.807) is 6.07 Å². The van der Waals surface area contributed by atoms with Crippen molar-refractivity contribution < 1.29 is 19.1 Å². The third kappa shape index (κ3) is 4.59. The molecule has 6 heteroatoms. The van der Waals surface area contributed by atoms with Gasteiger partial charge in [-0.05, 0) is 37.3 Å². The van der Waals surface area contributed by atoms with Crippen LogP contribution in [-0.2, 0) is 9.59 Å². The van der Waals surface area contributed by atoms with Gasteiger partial charge in [0, 0.05) is 37.2 Å². The van der Waals surface area contributed by atoms with Crippen LogP contribution in [0.2, 0.25) is 0 Å². The van der Waals surface area contributed by atoms with E-state index in [9.17, 15) is 9.59 Å². The van der Waals surface area contributed by atoms with Crippen molar-refractivity contribution in [1.29, 1.82) is 0 Å². The maximum absolute atomic E-state index is 12.6. The van der Waals surface area contributed by atoms with Crippen LogP contribution in [0.4, 0.5) is 5.69 Å². The first-order chi connectivity index (χ1) is 13.7. The number of fused-ring (bicyclic) bond motifs is 1. The lowest BCUT2D eigenvalue weighted by atomic mass is 9.86. The number of nitrogens with zero attached hydrogens (tertiary/aromatic N) is 1. The van der Waals surface area contributed by atoms with Crippen LogP contribution >= 0.6 is 0 Å². The maximum Gasteiger partial charge on any atom is 0.231 e. The zero-order valence-corrected chi connectivity index (χ0v) is 16.5. The molecule has 2 aliphatic heterocycles. The van der Waals surface area contributed by atoms with Crippen molar-refractivity contribution in [2.24, 2.45) is 11.8 Å². The van der Waals surface area contributed by atoms with E-state index in [1.807, 2.05) is 17.0 Å². The summed E-state index contributed by atoms with van der Waals surface area (Å²) in [6.07, 6.45) is 9.72. The van der Waals surface area contributed by atoms with Crippen LogP contribution in [0.3, 0.4) is 0 Å². The monoisotopic (exact) mass is 386 g/mol. The van der Waals surface area contributed by atoms with E-state index in [1.165, 1.54) is 32.1 Å². The smallest absolute Gasteiger partial charge is 0.231 e. The highest BCUT2D eigenvalue weighted by Gasteiger charge is 2.28. The Balaban J connectivity index is 1.21. The predicted molar refractivity (Wildman–Crippen MR) is 106 cm³/mol. The van der Waals surface area contributed by atoms with Crippen LogP contribution in [0.15, 0.2) is 18.2 Å². The molecule has 28 heavy (non-hydrogen) atoms. The molecule has 1 aromatic rings. The van der Waals surface area contributed by atoms with E-state index in [2.05, 4.69) is 5.32 Å². The molecule has 6 nitrogen and oxygen atoms in total. The Bertz CT molecular complexity index is 706. The number of amides is 2. The Morgan fingerprint density at radius 1 is 1.00 bits per heavy atom. The fraction of sp³-hybridized carbons (Fsp3) is 0.636. The van der Waals surface area contributed by atoms with E-state index >= 15 is 0 Å². The topological polar surface area (TPSA) is 67.9 Å². The maximum atomic E-state index is 12.6. The van der Waals surface area contributed by atoms with E-state index in [-0.39, 0.29) is 24.5 Å². The summed E-state index contributed by atoms with van der Waals surface area (Å²) >= 11 is 0. The molecule has 152 valence electrons. The summed E-state index contributed by atoms with van der Waals surface area (Å²) in [7, 11) is 0. The zero-order chi connectivity index (χ0) is 19.3. The van der Waals surface area contributed by atoms with Crippen molar-refractivity contribution in [2.75, 3.05) is 25.2 Å². The molecule has 1 saturated heterocycles. The largest absolute Gasteiger partial charge is 0.454 e. The molecule has 1 N–H and O–H groups in total. The molecule has 0 bridgehead atoms. The SMILES string of the molecule is O=C(Nc1ccc2c(c1)OCO2)C1CCN(C(=O)CCC2CCCCC2)CC1. The van der Waals surface area contributed by atoms with Crippen molar-refractivity contribution in [1.82, 2.24) is 4.90 Å². The van der Waals surface area contributed by atoms with E-state index in [0.29, 0.717) is 31.0 Å². The van der Waals surface area contributed by atoms with Gasteiger partial charge in [-0.15, -0.1) is 0 Å². The Kier molecular flexibility index (Phi) is 6.03. The quantitative estimate of drug-likeness (QED) is 0.832. The number of benzene rings is 1. The normalized spacial score (nSPS) is 20.2. The first-order valence-corrected chi connectivity index (χ1v) is 10.7. The second-order valence-electron chi connectivity index (χ2n) is 8.26. The molecule has 1 aliphatic carbocycles. The summed E-state index contributed by atoms with van der Waals surface area (Å²) in [4.78, 5) is 27.1. The standard InChI is InChI=1S/C22H30N2O4/c25-21(9-6-16-4-2-1-3-5-16)24-12-10-17(11-13-24)22(26)23-18-7-8-19-20(14-18)28-15-27-19/h7-8,14,16-17H,1-6,9-13,15H2,(H,23,26). The van der Waals surface area contributed by atoms with Gasteiger partial charge in [-0.3, -0.25) is 9.59 Å². The summed E-state index contributed by atoms with van der Waals surface area (Å²) in [6, 6.07) is 5.44. The van der Waals surface area contributed by atoms with Crippen molar-refractivity contribution in [3.05, 3.63) is 18.2 Å². The predicted octanol–water partition coefficient (Wildman–Crippen LogP) is 3.95. The Hall–Kier alpha value is -2.24. The van der Waals surface area contributed by atoms with Gasteiger partial charge in [-0.1, -0.05) is 32.1 Å².